The summed E-state index contributed by atoms with van der Waals surface area (Å²) < 4.78 is 0. The zero-order valence-corrected chi connectivity index (χ0v) is 15.2. The SMILES string of the molecule is O=C(O)CCCCCCCCCCCCCC(CCC(=O)O)[N+](=O)[O-]. The maximum Gasteiger partial charge on any atom is 0.303 e. The summed E-state index contributed by atoms with van der Waals surface area (Å²) in [5, 5.41) is 28.0. The Balaban J connectivity index is 3.38. The highest BCUT2D eigenvalue weighted by molar-refractivity contribution is 5.66. The standard InChI is InChI=1S/C18H33NO6/c20-17(21)13-11-9-7-5-3-1-2-4-6-8-10-12-16(19(24)25)14-15-18(22)23/h16H,1-15H2,(H,20,21)(H,22,23). The molecule has 7 nitrogen and oxygen atoms in total. The number of nitro groups is 1. The van der Waals surface area contributed by atoms with E-state index >= 15 is 0 Å². The molecule has 0 saturated carbocycles. The molecular weight excluding hydrogens is 326 g/mol. The van der Waals surface area contributed by atoms with Gasteiger partial charge in [-0.1, -0.05) is 57.8 Å². The quantitative estimate of drug-likeness (QED) is 0.209. The molecule has 0 aromatic rings. The summed E-state index contributed by atoms with van der Waals surface area (Å²) in [6.07, 6.45) is 12.3. The van der Waals surface area contributed by atoms with E-state index in [1.54, 1.807) is 0 Å². The molecular formula is C18H33NO6. The van der Waals surface area contributed by atoms with Crippen LogP contribution in [0.3, 0.4) is 0 Å². The van der Waals surface area contributed by atoms with E-state index in [4.69, 9.17) is 10.2 Å². The fourth-order valence-electron chi connectivity index (χ4n) is 2.89. The largest absolute Gasteiger partial charge is 0.481 e. The molecule has 0 amide bonds. The number of nitrogens with zero attached hydrogens (tertiary/aromatic N) is 1. The van der Waals surface area contributed by atoms with Crippen molar-refractivity contribution in [2.24, 2.45) is 0 Å². The number of carboxylic acid groups (broad SMARTS) is 2. The van der Waals surface area contributed by atoms with Crippen molar-refractivity contribution >= 4 is 11.9 Å². The number of aliphatic carboxylic acids is 2. The normalized spacial score (nSPS) is 12.0. The number of rotatable bonds is 18. The van der Waals surface area contributed by atoms with Gasteiger partial charge in [0.05, 0.1) is 6.42 Å². The van der Waals surface area contributed by atoms with Gasteiger partial charge >= 0.3 is 11.9 Å². The molecule has 0 aliphatic rings. The minimum atomic E-state index is -0.978. The molecule has 0 aromatic heterocycles. The van der Waals surface area contributed by atoms with Crippen LogP contribution in [-0.2, 0) is 9.59 Å². The topological polar surface area (TPSA) is 118 Å². The van der Waals surface area contributed by atoms with Gasteiger partial charge in [0.25, 0.3) is 0 Å². The average Bonchev–Trinajstić information content (AvgIpc) is 2.53. The molecule has 1 unspecified atom stereocenters. The second kappa shape index (κ2) is 15.8. The van der Waals surface area contributed by atoms with Crippen LogP contribution >= 0.6 is 0 Å². The van der Waals surface area contributed by atoms with Crippen LogP contribution in [0.2, 0.25) is 0 Å². The van der Waals surface area contributed by atoms with Gasteiger partial charge in [0.2, 0.25) is 6.04 Å². The number of hydrogen-bond acceptors (Lipinski definition) is 4. The number of carbonyl (C=O) groups is 2. The van der Waals surface area contributed by atoms with Crippen molar-refractivity contribution < 1.29 is 24.7 Å². The first-order valence-electron chi connectivity index (χ1n) is 9.50. The van der Waals surface area contributed by atoms with Gasteiger partial charge in [0, 0.05) is 24.2 Å². The van der Waals surface area contributed by atoms with E-state index in [2.05, 4.69) is 0 Å². The van der Waals surface area contributed by atoms with Crippen molar-refractivity contribution in [3.63, 3.8) is 0 Å². The van der Waals surface area contributed by atoms with Crippen molar-refractivity contribution in [3.05, 3.63) is 10.1 Å². The summed E-state index contributed by atoms with van der Waals surface area (Å²) in [6, 6.07) is -0.725. The van der Waals surface area contributed by atoms with Crippen LogP contribution in [0.5, 0.6) is 0 Å². The summed E-state index contributed by atoms with van der Waals surface area (Å²) in [5.41, 5.74) is 0. The van der Waals surface area contributed by atoms with Crippen molar-refractivity contribution in [1.29, 1.82) is 0 Å². The summed E-state index contributed by atoms with van der Waals surface area (Å²) in [6.45, 7) is 0. The minimum absolute atomic E-state index is 0.120. The lowest BCUT2D eigenvalue weighted by Gasteiger charge is -2.08. The Hall–Kier alpha value is -1.66. The maximum atomic E-state index is 10.9. The molecule has 1 atom stereocenters. The smallest absolute Gasteiger partial charge is 0.303 e. The monoisotopic (exact) mass is 359 g/mol. The Labute approximate surface area is 150 Å². The molecule has 2 N–H and O–H groups in total. The van der Waals surface area contributed by atoms with Gasteiger partial charge in [0.15, 0.2) is 0 Å². The van der Waals surface area contributed by atoms with Gasteiger partial charge < -0.3 is 10.2 Å². The zero-order valence-electron chi connectivity index (χ0n) is 15.2. The van der Waals surface area contributed by atoms with E-state index in [0.29, 0.717) is 6.42 Å². The predicted octanol–water partition coefficient (Wildman–Crippen LogP) is 4.65. The van der Waals surface area contributed by atoms with E-state index in [0.717, 1.165) is 51.4 Å². The van der Waals surface area contributed by atoms with Crippen LogP contribution in [-0.4, -0.2) is 33.1 Å². The molecule has 0 aromatic carbocycles. The predicted molar refractivity (Wildman–Crippen MR) is 95.3 cm³/mol. The molecule has 0 aliphatic heterocycles. The fourth-order valence-corrected chi connectivity index (χ4v) is 2.89. The van der Waals surface area contributed by atoms with E-state index in [1.165, 1.54) is 19.3 Å². The van der Waals surface area contributed by atoms with Crippen molar-refractivity contribution in [1.82, 2.24) is 0 Å². The van der Waals surface area contributed by atoms with Gasteiger partial charge in [-0.05, 0) is 12.8 Å². The summed E-state index contributed by atoms with van der Waals surface area (Å²) in [4.78, 5) is 31.4. The van der Waals surface area contributed by atoms with E-state index < -0.39 is 18.0 Å². The first-order valence-corrected chi connectivity index (χ1v) is 9.50. The van der Waals surface area contributed by atoms with Crippen LogP contribution in [0.1, 0.15) is 96.3 Å². The molecule has 0 spiro atoms. The lowest BCUT2D eigenvalue weighted by Crippen LogP contribution is -2.20. The van der Waals surface area contributed by atoms with Crippen LogP contribution < -0.4 is 0 Å². The number of unbranched alkanes of at least 4 members (excludes halogenated alkanes) is 10. The number of hydrogen-bond donors (Lipinski definition) is 2. The van der Waals surface area contributed by atoms with Crippen molar-refractivity contribution in [3.8, 4) is 0 Å². The highest BCUT2D eigenvalue weighted by Crippen LogP contribution is 2.15. The summed E-state index contributed by atoms with van der Waals surface area (Å²) in [5.74, 6) is -1.69. The first kappa shape index (κ1) is 23.3. The number of carboxylic acids is 2. The van der Waals surface area contributed by atoms with Crippen LogP contribution in [0.25, 0.3) is 0 Å². The lowest BCUT2D eigenvalue weighted by atomic mass is 10.0. The molecule has 0 heterocycles. The third-order valence-electron chi connectivity index (χ3n) is 4.42. The van der Waals surface area contributed by atoms with Crippen molar-refractivity contribution in [2.45, 2.75) is 102 Å². The Bertz CT molecular complexity index is 386. The second-order valence-electron chi connectivity index (χ2n) is 6.69. The van der Waals surface area contributed by atoms with Crippen LogP contribution in [0.4, 0.5) is 0 Å². The summed E-state index contributed by atoms with van der Waals surface area (Å²) >= 11 is 0. The van der Waals surface area contributed by atoms with Crippen molar-refractivity contribution in [2.75, 3.05) is 0 Å². The Morgan fingerprint density at radius 3 is 1.48 bits per heavy atom. The van der Waals surface area contributed by atoms with E-state index in [1.807, 2.05) is 0 Å². The molecule has 0 rings (SSSR count). The molecule has 146 valence electrons. The molecule has 0 aliphatic carbocycles. The molecule has 7 heteroatoms. The van der Waals surface area contributed by atoms with E-state index in [9.17, 15) is 19.7 Å². The third kappa shape index (κ3) is 17.0. The third-order valence-corrected chi connectivity index (χ3v) is 4.42. The molecule has 0 bridgehead atoms. The minimum Gasteiger partial charge on any atom is -0.481 e. The Morgan fingerprint density at radius 1 is 0.680 bits per heavy atom. The molecule has 0 fully saturated rings. The van der Waals surface area contributed by atoms with Gasteiger partial charge in [-0.3, -0.25) is 19.7 Å². The van der Waals surface area contributed by atoms with Gasteiger partial charge in [-0.25, -0.2) is 0 Å². The Morgan fingerprint density at radius 2 is 1.08 bits per heavy atom. The average molecular weight is 359 g/mol. The highest BCUT2D eigenvalue weighted by atomic mass is 16.6. The Kier molecular flexibility index (Phi) is 14.8. The second-order valence-corrected chi connectivity index (χ2v) is 6.69. The van der Waals surface area contributed by atoms with E-state index in [-0.39, 0.29) is 24.2 Å². The van der Waals surface area contributed by atoms with Crippen LogP contribution in [0.15, 0.2) is 0 Å². The summed E-state index contributed by atoms with van der Waals surface area (Å²) in [7, 11) is 0. The van der Waals surface area contributed by atoms with Crippen LogP contribution in [0, 0.1) is 10.1 Å². The van der Waals surface area contributed by atoms with Gasteiger partial charge in [-0.2, -0.15) is 0 Å². The zero-order chi connectivity index (χ0) is 18.9. The highest BCUT2D eigenvalue weighted by Gasteiger charge is 2.20. The van der Waals surface area contributed by atoms with Gasteiger partial charge in [0.1, 0.15) is 0 Å². The first-order chi connectivity index (χ1) is 11.9. The molecule has 25 heavy (non-hydrogen) atoms. The maximum absolute atomic E-state index is 10.9. The lowest BCUT2D eigenvalue weighted by molar-refractivity contribution is -0.524. The fraction of sp³-hybridized carbons (Fsp3) is 0.889. The molecule has 0 radical (unpaired) electrons. The van der Waals surface area contributed by atoms with Gasteiger partial charge in [-0.15, -0.1) is 0 Å². The molecule has 0 saturated heterocycles.